The third-order valence-corrected chi connectivity index (χ3v) is 3.44. The van der Waals surface area contributed by atoms with E-state index in [4.69, 9.17) is 9.15 Å². The van der Waals surface area contributed by atoms with E-state index in [1.54, 1.807) is 12.3 Å². The Morgan fingerprint density at radius 3 is 2.30 bits per heavy atom. The van der Waals surface area contributed by atoms with Gasteiger partial charge in [0.05, 0.1) is 6.26 Å². The van der Waals surface area contributed by atoms with E-state index < -0.39 is 0 Å². The average Bonchev–Trinajstić information content (AvgIpc) is 2.96. The zero-order chi connectivity index (χ0) is 14.5. The van der Waals surface area contributed by atoms with Gasteiger partial charge in [0, 0.05) is 6.42 Å². The normalized spacial score (nSPS) is 10.7. The minimum absolute atomic E-state index is 0.121. The average molecular weight is 280 g/mol. The lowest BCUT2D eigenvalue weighted by molar-refractivity contribution is -0.145. The molecule has 0 aliphatic rings. The molecule has 1 rings (SSSR count). The number of carbonyl (C=O) groups excluding carboxylic acids is 1. The maximum atomic E-state index is 11.5. The van der Waals surface area contributed by atoms with E-state index in [1.807, 2.05) is 6.07 Å². The maximum Gasteiger partial charge on any atom is 0.306 e. The van der Waals surface area contributed by atoms with Crippen molar-refractivity contribution >= 4 is 5.97 Å². The number of carbonyl (C=O) groups is 1. The first-order chi connectivity index (χ1) is 9.83. The quantitative estimate of drug-likeness (QED) is 0.388. The van der Waals surface area contributed by atoms with Crippen LogP contribution >= 0.6 is 0 Å². The number of unbranched alkanes of at least 4 members (excludes halogenated alkanes) is 8. The summed E-state index contributed by atoms with van der Waals surface area (Å²) in [6, 6.07) is 3.61. The minimum atomic E-state index is -0.121. The highest BCUT2D eigenvalue weighted by Crippen LogP contribution is 2.11. The molecule has 0 N–H and O–H groups in total. The van der Waals surface area contributed by atoms with E-state index in [1.165, 1.54) is 44.9 Å². The first kappa shape index (κ1) is 16.8. The van der Waals surface area contributed by atoms with Crippen LogP contribution in [0.1, 0.15) is 76.9 Å². The van der Waals surface area contributed by atoms with Crippen molar-refractivity contribution < 1.29 is 13.9 Å². The number of rotatable bonds is 12. The molecule has 0 unspecified atom stereocenters. The van der Waals surface area contributed by atoms with Crippen molar-refractivity contribution in [3.63, 3.8) is 0 Å². The van der Waals surface area contributed by atoms with Crippen molar-refractivity contribution in [2.45, 2.75) is 77.7 Å². The molecule has 0 amide bonds. The smallest absolute Gasteiger partial charge is 0.306 e. The van der Waals surface area contributed by atoms with Crippen molar-refractivity contribution in [3.8, 4) is 0 Å². The summed E-state index contributed by atoms with van der Waals surface area (Å²) in [5.74, 6) is 0.578. The van der Waals surface area contributed by atoms with E-state index in [0.29, 0.717) is 12.2 Å². The highest BCUT2D eigenvalue weighted by Gasteiger charge is 2.04. The Morgan fingerprint density at radius 1 is 1.05 bits per heavy atom. The third-order valence-electron chi connectivity index (χ3n) is 3.44. The van der Waals surface area contributed by atoms with Gasteiger partial charge in [-0.25, -0.2) is 0 Å². The van der Waals surface area contributed by atoms with Gasteiger partial charge in [-0.2, -0.15) is 0 Å². The zero-order valence-electron chi connectivity index (χ0n) is 12.7. The fourth-order valence-electron chi connectivity index (χ4n) is 2.20. The molecule has 0 aliphatic carbocycles. The summed E-state index contributed by atoms with van der Waals surface area (Å²) in [7, 11) is 0. The van der Waals surface area contributed by atoms with Crippen molar-refractivity contribution in [2.24, 2.45) is 0 Å². The van der Waals surface area contributed by atoms with Gasteiger partial charge in [0.25, 0.3) is 0 Å². The Bertz CT molecular complexity index is 330. The molecule has 1 heterocycles. The molecule has 1 aromatic heterocycles. The number of esters is 1. The van der Waals surface area contributed by atoms with Crippen LogP contribution in [-0.2, 0) is 16.1 Å². The molecule has 3 nitrogen and oxygen atoms in total. The molecular formula is C17H28O3. The van der Waals surface area contributed by atoms with Gasteiger partial charge in [-0.3, -0.25) is 4.79 Å². The summed E-state index contributed by atoms with van der Waals surface area (Å²) in [5, 5.41) is 0. The van der Waals surface area contributed by atoms with Gasteiger partial charge in [0.1, 0.15) is 12.4 Å². The molecule has 0 atom stereocenters. The highest BCUT2D eigenvalue weighted by atomic mass is 16.5. The lowest BCUT2D eigenvalue weighted by Crippen LogP contribution is -2.03. The number of hydrogen-bond donors (Lipinski definition) is 0. The first-order valence-corrected chi connectivity index (χ1v) is 8.01. The maximum absolute atomic E-state index is 11.5. The molecule has 0 fully saturated rings. The Labute approximate surface area is 122 Å². The summed E-state index contributed by atoms with van der Waals surface area (Å²) >= 11 is 0. The molecule has 1 aromatic rings. The number of hydrogen-bond acceptors (Lipinski definition) is 3. The zero-order valence-corrected chi connectivity index (χ0v) is 12.7. The van der Waals surface area contributed by atoms with Crippen molar-refractivity contribution in [2.75, 3.05) is 0 Å². The monoisotopic (exact) mass is 280 g/mol. The summed E-state index contributed by atoms with van der Waals surface area (Å²) in [4.78, 5) is 11.5. The first-order valence-electron chi connectivity index (χ1n) is 8.01. The largest absolute Gasteiger partial charge is 0.466 e. The van der Waals surface area contributed by atoms with E-state index >= 15 is 0 Å². The molecule has 0 bridgehead atoms. The van der Waals surface area contributed by atoms with Crippen LogP contribution in [0, 0.1) is 0 Å². The number of furan rings is 1. The van der Waals surface area contributed by atoms with Crippen LogP contribution in [0.5, 0.6) is 0 Å². The molecule has 0 radical (unpaired) electrons. The van der Waals surface area contributed by atoms with Crippen LogP contribution in [0.4, 0.5) is 0 Å². The minimum Gasteiger partial charge on any atom is -0.466 e. The van der Waals surface area contributed by atoms with Gasteiger partial charge in [0.2, 0.25) is 0 Å². The van der Waals surface area contributed by atoms with Crippen LogP contribution in [0.2, 0.25) is 0 Å². The fourth-order valence-corrected chi connectivity index (χ4v) is 2.20. The SMILES string of the molecule is CCCCCCCCCCCC(=O)OCc1ccco1. The van der Waals surface area contributed by atoms with Gasteiger partial charge in [-0.1, -0.05) is 58.3 Å². The predicted molar refractivity (Wildman–Crippen MR) is 80.3 cm³/mol. The second-order valence-electron chi connectivity index (χ2n) is 5.32. The second kappa shape index (κ2) is 11.6. The predicted octanol–water partition coefficient (Wildman–Crippen LogP) is 5.24. The van der Waals surface area contributed by atoms with Crippen molar-refractivity contribution in [3.05, 3.63) is 24.2 Å². The van der Waals surface area contributed by atoms with E-state index in [0.717, 1.165) is 12.8 Å². The van der Waals surface area contributed by atoms with Crippen LogP contribution in [0.15, 0.2) is 22.8 Å². The van der Waals surface area contributed by atoms with Gasteiger partial charge in [-0.15, -0.1) is 0 Å². The molecular weight excluding hydrogens is 252 g/mol. The third kappa shape index (κ3) is 8.78. The molecule has 0 saturated carbocycles. The molecule has 0 aromatic carbocycles. The van der Waals surface area contributed by atoms with Gasteiger partial charge >= 0.3 is 5.97 Å². The Hall–Kier alpha value is -1.25. The van der Waals surface area contributed by atoms with E-state index in [2.05, 4.69) is 6.92 Å². The van der Waals surface area contributed by atoms with Crippen LogP contribution in [0.3, 0.4) is 0 Å². The van der Waals surface area contributed by atoms with Crippen molar-refractivity contribution in [1.29, 1.82) is 0 Å². The Morgan fingerprint density at radius 2 is 1.70 bits per heavy atom. The van der Waals surface area contributed by atoms with E-state index in [9.17, 15) is 4.79 Å². The molecule has 0 spiro atoms. The van der Waals surface area contributed by atoms with Crippen molar-refractivity contribution in [1.82, 2.24) is 0 Å². The standard InChI is InChI=1S/C17H28O3/c1-2-3-4-5-6-7-8-9-10-13-17(18)20-15-16-12-11-14-19-16/h11-12,14H,2-10,13,15H2,1H3. The number of ether oxygens (including phenoxy) is 1. The summed E-state index contributed by atoms with van der Waals surface area (Å²) < 4.78 is 10.2. The lowest BCUT2D eigenvalue weighted by atomic mass is 10.1. The Kier molecular flexibility index (Phi) is 9.72. The topological polar surface area (TPSA) is 39.4 Å². The molecule has 114 valence electrons. The lowest BCUT2D eigenvalue weighted by Gasteiger charge is -2.03. The summed E-state index contributed by atoms with van der Waals surface area (Å²) in [6.07, 6.45) is 13.4. The van der Waals surface area contributed by atoms with Crippen LogP contribution < -0.4 is 0 Å². The summed E-state index contributed by atoms with van der Waals surface area (Å²) in [6.45, 7) is 2.49. The fraction of sp³-hybridized carbons (Fsp3) is 0.706. The van der Waals surface area contributed by atoms with E-state index in [-0.39, 0.29) is 12.6 Å². The molecule has 0 aliphatic heterocycles. The molecule has 20 heavy (non-hydrogen) atoms. The van der Waals surface area contributed by atoms with Gasteiger partial charge in [0.15, 0.2) is 0 Å². The second-order valence-corrected chi connectivity index (χ2v) is 5.32. The highest BCUT2D eigenvalue weighted by molar-refractivity contribution is 5.69. The van der Waals surface area contributed by atoms with Crippen LogP contribution in [0.25, 0.3) is 0 Å². The Balaban J connectivity index is 1.84. The van der Waals surface area contributed by atoms with Gasteiger partial charge in [-0.05, 0) is 18.6 Å². The van der Waals surface area contributed by atoms with Crippen LogP contribution in [-0.4, -0.2) is 5.97 Å². The van der Waals surface area contributed by atoms with Gasteiger partial charge < -0.3 is 9.15 Å². The molecule has 3 heteroatoms. The summed E-state index contributed by atoms with van der Waals surface area (Å²) in [5.41, 5.74) is 0. The molecule has 0 saturated heterocycles.